The third-order valence-corrected chi connectivity index (χ3v) is 3.10. The molecule has 2 heteroatoms. The molecular formula is C15H26N2. The van der Waals surface area contributed by atoms with E-state index in [1.807, 2.05) is 0 Å². The van der Waals surface area contributed by atoms with Gasteiger partial charge in [0.05, 0.1) is 0 Å². The molecule has 0 fully saturated rings. The molecule has 1 atom stereocenters. The van der Waals surface area contributed by atoms with Gasteiger partial charge in [-0.3, -0.25) is 0 Å². The van der Waals surface area contributed by atoms with Gasteiger partial charge in [-0.25, -0.2) is 0 Å². The molecule has 1 unspecified atom stereocenters. The van der Waals surface area contributed by atoms with Crippen LogP contribution in [0.1, 0.15) is 32.8 Å². The number of nitrogens with one attached hydrogen (secondary N) is 1. The van der Waals surface area contributed by atoms with Crippen molar-refractivity contribution in [1.29, 1.82) is 0 Å². The number of anilines is 1. The molecule has 0 heterocycles. The Morgan fingerprint density at radius 2 is 1.82 bits per heavy atom. The molecule has 0 aliphatic carbocycles. The lowest BCUT2D eigenvalue weighted by Gasteiger charge is -2.30. The van der Waals surface area contributed by atoms with Crippen LogP contribution >= 0.6 is 0 Å². The van der Waals surface area contributed by atoms with Crippen molar-refractivity contribution in [2.45, 2.75) is 40.2 Å². The summed E-state index contributed by atoms with van der Waals surface area (Å²) in [5.74, 6) is 0. The van der Waals surface area contributed by atoms with Crippen molar-refractivity contribution in [3.63, 3.8) is 0 Å². The molecule has 0 aliphatic rings. The molecular weight excluding hydrogens is 208 g/mol. The molecule has 1 aromatic rings. The fraction of sp³-hybridized carbons (Fsp3) is 0.600. The predicted molar refractivity (Wildman–Crippen MR) is 76.8 cm³/mol. The van der Waals surface area contributed by atoms with Gasteiger partial charge < -0.3 is 10.2 Å². The zero-order chi connectivity index (χ0) is 12.7. The van der Waals surface area contributed by atoms with Gasteiger partial charge in [-0.15, -0.1) is 0 Å². The smallest absolute Gasteiger partial charge is 0.0386 e. The second kappa shape index (κ2) is 7.33. The van der Waals surface area contributed by atoms with Crippen molar-refractivity contribution in [2.75, 3.05) is 24.5 Å². The van der Waals surface area contributed by atoms with Crippen LogP contribution in [0.2, 0.25) is 0 Å². The van der Waals surface area contributed by atoms with Crippen LogP contribution in [0.4, 0.5) is 5.69 Å². The Balaban J connectivity index is 2.60. The highest BCUT2D eigenvalue weighted by Crippen LogP contribution is 2.17. The van der Waals surface area contributed by atoms with Crippen molar-refractivity contribution in [3.8, 4) is 0 Å². The van der Waals surface area contributed by atoms with E-state index in [9.17, 15) is 0 Å². The van der Waals surface area contributed by atoms with E-state index in [1.54, 1.807) is 0 Å². The Labute approximate surface area is 106 Å². The van der Waals surface area contributed by atoms with Crippen molar-refractivity contribution in [3.05, 3.63) is 29.8 Å². The summed E-state index contributed by atoms with van der Waals surface area (Å²) in [5, 5.41) is 3.49. The van der Waals surface area contributed by atoms with E-state index in [2.05, 4.69) is 62.2 Å². The maximum atomic E-state index is 3.49. The zero-order valence-electron chi connectivity index (χ0n) is 11.7. The largest absolute Gasteiger partial charge is 0.368 e. The fourth-order valence-electron chi connectivity index (χ4n) is 2.08. The summed E-state index contributed by atoms with van der Waals surface area (Å²) >= 11 is 0. The van der Waals surface area contributed by atoms with Crippen LogP contribution in [0.25, 0.3) is 0 Å². The lowest BCUT2D eigenvalue weighted by molar-refractivity contribution is 0.565. The molecule has 0 bridgehead atoms. The third-order valence-electron chi connectivity index (χ3n) is 3.10. The predicted octanol–water partition coefficient (Wildman–Crippen LogP) is 3.21. The van der Waals surface area contributed by atoms with Gasteiger partial charge in [0.2, 0.25) is 0 Å². The molecule has 17 heavy (non-hydrogen) atoms. The minimum atomic E-state index is 0.536. The van der Waals surface area contributed by atoms with E-state index in [-0.39, 0.29) is 0 Å². The van der Waals surface area contributed by atoms with Gasteiger partial charge in [0.15, 0.2) is 0 Å². The number of hydrogen-bond donors (Lipinski definition) is 1. The topological polar surface area (TPSA) is 15.3 Å². The monoisotopic (exact) mass is 234 g/mol. The van der Waals surface area contributed by atoms with E-state index < -0.39 is 0 Å². The van der Waals surface area contributed by atoms with Crippen molar-refractivity contribution < 1.29 is 0 Å². The number of rotatable bonds is 7. The Bertz CT molecular complexity index is 305. The molecule has 0 aromatic heterocycles. The summed E-state index contributed by atoms with van der Waals surface area (Å²) in [7, 11) is 0. The molecule has 0 aliphatic heterocycles. The van der Waals surface area contributed by atoms with Gasteiger partial charge in [-0.05, 0) is 45.9 Å². The first-order valence-electron chi connectivity index (χ1n) is 6.73. The summed E-state index contributed by atoms with van der Waals surface area (Å²) < 4.78 is 0. The van der Waals surface area contributed by atoms with Gasteiger partial charge >= 0.3 is 0 Å². The summed E-state index contributed by atoms with van der Waals surface area (Å²) in [6.45, 7) is 12.0. The van der Waals surface area contributed by atoms with Crippen LogP contribution < -0.4 is 10.2 Å². The molecule has 1 aromatic carbocycles. The number of nitrogens with zero attached hydrogens (tertiary/aromatic N) is 1. The maximum Gasteiger partial charge on any atom is 0.0386 e. The lowest BCUT2D eigenvalue weighted by Crippen LogP contribution is -2.40. The SMILES string of the molecule is CCCNCC(C)N(CC)c1ccc(C)cc1. The third kappa shape index (κ3) is 4.39. The second-order valence-corrected chi connectivity index (χ2v) is 4.67. The van der Waals surface area contributed by atoms with Crippen LogP contribution in [0.15, 0.2) is 24.3 Å². The van der Waals surface area contributed by atoms with Crippen LogP contribution in [0, 0.1) is 6.92 Å². The highest BCUT2D eigenvalue weighted by Gasteiger charge is 2.11. The molecule has 96 valence electrons. The minimum absolute atomic E-state index is 0.536. The fourth-order valence-corrected chi connectivity index (χ4v) is 2.08. The summed E-state index contributed by atoms with van der Waals surface area (Å²) in [6, 6.07) is 9.34. The Hall–Kier alpha value is -1.02. The van der Waals surface area contributed by atoms with Gasteiger partial charge in [0.25, 0.3) is 0 Å². The van der Waals surface area contributed by atoms with Crippen LogP contribution in [0.5, 0.6) is 0 Å². The molecule has 1 rings (SSSR count). The van der Waals surface area contributed by atoms with E-state index in [4.69, 9.17) is 0 Å². The van der Waals surface area contributed by atoms with Gasteiger partial charge in [-0.2, -0.15) is 0 Å². The van der Waals surface area contributed by atoms with E-state index in [0.717, 1.165) is 19.6 Å². The quantitative estimate of drug-likeness (QED) is 0.729. The second-order valence-electron chi connectivity index (χ2n) is 4.67. The highest BCUT2D eigenvalue weighted by molar-refractivity contribution is 5.48. The number of aryl methyl sites for hydroxylation is 1. The molecule has 0 radical (unpaired) electrons. The van der Waals surface area contributed by atoms with Crippen molar-refractivity contribution in [1.82, 2.24) is 5.32 Å². The van der Waals surface area contributed by atoms with Crippen LogP contribution in [-0.4, -0.2) is 25.7 Å². The molecule has 0 spiro atoms. The highest BCUT2D eigenvalue weighted by atomic mass is 15.2. The van der Waals surface area contributed by atoms with Gasteiger partial charge in [0, 0.05) is 24.8 Å². The van der Waals surface area contributed by atoms with Crippen LogP contribution in [0.3, 0.4) is 0 Å². The number of likely N-dealkylation sites (N-methyl/N-ethyl adjacent to an activating group) is 1. The summed E-state index contributed by atoms with van der Waals surface area (Å²) in [5.41, 5.74) is 2.64. The number of benzene rings is 1. The first-order valence-corrected chi connectivity index (χ1v) is 6.73. The first kappa shape index (κ1) is 14.0. The Morgan fingerprint density at radius 1 is 1.18 bits per heavy atom. The van der Waals surface area contributed by atoms with Crippen molar-refractivity contribution in [2.24, 2.45) is 0 Å². The first-order chi connectivity index (χ1) is 8.19. The van der Waals surface area contributed by atoms with Crippen LogP contribution in [-0.2, 0) is 0 Å². The molecule has 0 amide bonds. The van der Waals surface area contributed by atoms with E-state index in [0.29, 0.717) is 6.04 Å². The normalized spacial score (nSPS) is 12.5. The molecule has 2 nitrogen and oxygen atoms in total. The average Bonchev–Trinajstić information content (AvgIpc) is 2.33. The van der Waals surface area contributed by atoms with Gasteiger partial charge in [0.1, 0.15) is 0 Å². The van der Waals surface area contributed by atoms with Crippen molar-refractivity contribution >= 4 is 5.69 Å². The summed E-state index contributed by atoms with van der Waals surface area (Å²) in [6.07, 6.45) is 1.20. The summed E-state index contributed by atoms with van der Waals surface area (Å²) in [4.78, 5) is 2.45. The molecule has 1 N–H and O–H groups in total. The maximum absolute atomic E-state index is 3.49. The average molecular weight is 234 g/mol. The lowest BCUT2D eigenvalue weighted by atomic mass is 10.2. The molecule has 0 saturated carbocycles. The Kier molecular flexibility index (Phi) is 6.06. The van der Waals surface area contributed by atoms with Gasteiger partial charge in [-0.1, -0.05) is 24.6 Å². The zero-order valence-corrected chi connectivity index (χ0v) is 11.7. The molecule has 0 saturated heterocycles. The minimum Gasteiger partial charge on any atom is -0.368 e. The van der Waals surface area contributed by atoms with E-state index >= 15 is 0 Å². The van der Waals surface area contributed by atoms with E-state index in [1.165, 1.54) is 17.7 Å². The Morgan fingerprint density at radius 3 is 2.35 bits per heavy atom. The number of hydrogen-bond acceptors (Lipinski definition) is 2. The standard InChI is InChI=1S/C15H26N2/c1-5-11-16-12-14(4)17(6-2)15-9-7-13(3)8-10-15/h7-10,14,16H,5-6,11-12H2,1-4H3.